The van der Waals surface area contributed by atoms with Crippen LogP contribution in [-0.2, 0) is 28.0 Å². The van der Waals surface area contributed by atoms with E-state index in [2.05, 4.69) is 0 Å². The summed E-state index contributed by atoms with van der Waals surface area (Å²) in [5, 5.41) is 0. The number of nitrogens with two attached hydrogens (primary N) is 1. The summed E-state index contributed by atoms with van der Waals surface area (Å²) in [5.74, 6) is -1.43. The first-order valence-electron chi connectivity index (χ1n) is 8.15. The molecule has 0 fully saturated rings. The van der Waals surface area contributed by atoms with E-state index in [-0.39, 0.29) is 12.1 Å². The number of nitrogens with zero attached hydrogens (tertiary/aromatic N) is 2. The minimum Gasteiger partial charge on any atom is -0.368 e. The zero-order chi connectivity index (χ0) is 18.9. The van der Waals surface area contributed by atoms with Crippen LogP contribution in [0.3, 0.4) is 0 Å². The van der Waals surface area contributed by atoms with Crippen LogP contribution in [0.5, 0.6) is 0 Å². The Morgan fingerprint density at radius 1 is 1.19 bits per heavy atom. The highest BCUT2D eigenvalue weighted by Gasteiger charge is 2.37. The van der Waals surface area contributed by atoms with Crippen LogP contribution in [0.25, 0.3) is 0 Å². The molecule has 1 heterocycles. The van der Waals surface area contributed by atoms with E-state index in [0.717, 1.165) is 21.5 Å². The predicted octanol–water partition coefficient (Wildman–Crippen LogP) is 1.59. The van der Waals surface area contributed by atoms with Crippen LogP contribution in [-0.4, -0.2) is 36.5 Å². The average Bonchev–Trinajstić information content (AvgIpc) is 2.61. The molecule has 3 rings (SSSR count). The third-order valence-electron chi connectivity index (χ3n) is 4.58. The molecular weight excluding hydrogens is 357 g/mol. The molecule has 1 unspecified atom stereocenters. The molecule has 0 bridgehead atoms. The van der Waals surface area contributed by atoms with Crippen LogP contribution in [0.2, 0.25) is 0 Å². The fraction of sp³-hybridized carbons (Fsp3) is 0.278. The maximum absolute atomic E-state index is 13.5. The minimum atomic E-state index is -3.97. The van der Waals surface area contributed by atoms with Crippen molar-refractivity contribution in [2.75, 3.05) is 13.6 Å². The number of benzene rings is 2. The van der Waals surface area contributed by atoms with Crippen LogP contribution < -0.4 is 5.73 Å². The lowest BCUT2D eigenvalue weighted by Gasteiger charge is -2.34. The van der Waals surface area contributed by atoms with Gasteiger partial charge in [-0.2, -0.15) is 17.0 Å². The van der Waals surface area contributed by atoms with Gasteiger partial charge in [0.25, 0.3) is 10.2 Å². The van der Waals surface area contributed by atoms with Crippen molar-refractivity contribution in [3.05, 3.63) is 71.0 Å². The van der Waals surface area contributed by atoms with E-state index >= 15 is 0 Å². The maximum atomic E-state index is 13.5. The molecule has 0 aliphatic carbocycles. The van der Waals surface area contributed by atoms with Gasteiger partial charge in [-0.1, -0.05) is 36.4 Å². The molecule has 0 saturated carbocycles. The third kappa shape index (κ3) is 3.48. The maximum Gasteiger partial charge on any atom is 0.283 e. The van der Waals surface area contributed by atoms with Crippen LogP contribution in [0.15, 0.2) is 48.5 Å². The zero-order valence-corrected chi connectivity index (χ0v) is 15.1. The van der Waals surface area contributed by atoms with Crippen molar-refractivity contribution in [1.29, 1.82) is 0 Å². The van der Waals surface area contributed by atoms with Gasteiger partial charge < -0.3 is 5.73 Å². The van der Waals surface area contributed by atoms with Gasteiger partial charge in [0, 0.05) is 20.1 Å². The van der Waals surface area contributed by atoms with Crippen molar-refractivity contribution in [2.45, 2.75) is 19.0 Å². The number of hydrogen-bond acceptors (Lipinski definition) is 3. The molecule has 1 atom stereocenters. The zero-order valence-electron chi connectivity index (χ0n) is 14.3. The number of primary amides is 1. The van der Waals surface area contributed by atoms with Crippen molar-refractivity contribution >= 4 is 16.1 Å². The van der Waals surface area contributed by atoms with Crippen LogP contribution >= 0.6 is 0 Å². The van der Waals surface area contributed by atoms with Crippen LogP contribution in [0.4, 0.5) is 4.39 Å². The summed E-state index contributed by atoms with van der Waals surface area (Å²) in [6, 6.07) is 11.6. The standard InChI is InChI=1S/C18H20FN3O3S/c1-21(17(18(20)23)14-7-4-8-16(19)11-14)26(24,25)22-10-9-13-5-2-3-6-15(13)12-22/h2-8,11,17H,9-10,12H2,1H3,(H2,20,23). The highest BCUT2D eigenvalue weighted by Crippen LogP contribution is 2.28. The van der Waals surface area contributed by atoms with Gasteiger partial charge in [-0.3, -0.25) is 4.79 Å². The highest BCUT2D eigenvalue weighted by atomic mass is 32.2. The Hall–Kier alpha value is -2.29. The SMILES string of the molecule is CN(C(C(N)=O)c1cccc(F)c1)S(=O)(=O)N1CCc2ccccc2C1. The first-order chi connectivity index (χ1) is 12.3. The Bertz CT molecular complexity index is 933. The molecule has 2 aromatic rings. The number of carbonyl (C=O) groups is 1. The molecule has 1 amide bonds. The Balaban J connectivity index is 1.91. The van der Waals surface area contributed by atoms with Crippen molar-refractivity contribution in [1.82, 2.24) is 8.61 Å². The molecule has 8 heteroatoms. The summed E-state index contributed by atoms with van der Waals surface area (Å²) in [6.07, 6.45) is 0.588. The molecule has 0 saturated heterocycles. The normalized spacial score (nSPS) is 16.3. The minimum absolute atomic E-state index is 0.195. The molecule has 1 aliphatic rings. The number of rotatable bonds is 5. The number of fused-ring (bicyclic) bond motifs is 1. The molecule has 1 aliphatic heterocycles. The molecule has 26 heavy (non-hydrogen) atoms. The summed E-state index contributed by atoms with van der Waals surface area (Å²) >= 11 is 0. The second-order valence-electron chi connectivity index (χ2n) is 6.24. The largest absolute Gasteiger partial charge is 0.368 e. The number of hydrogen-bond donors (Lipinski definition) is 1. The fourth-order valence-corrected chi connectivity index (χ4v) is 4.69. The fourth-order valence-electron chi connectivity index (χ4n) is 3.21. The summed E-state index contributed by atoms with van der Waals surface area (Å²) in [4.78, 5) is 12.0. The van der Waals surface area contributed by atoms with E-state index in [9.17, 15) is 17.6 Å². The molecular formula is C18H20FN3O3S. The molecule has 138 valence electrons. The van der Waals surface area contributed by atoms with Crippen molar-refractivity contribution < 1.29 is 17.6 Å². The van der Waals surface area contributed by atoms with Crippen LogP contribution in [0.1, 0.15) is 22.7 Å². The van der Waals surface area contributed by atoms with Gasteiger partial charge in [-0.15, -0.1) is 0 Å². The smallest absolute Gasteiger partial charge is 0.283 e. The first-order valence-corrected chi connectivity index (χ1v) is 9.55. The lowest BCUT2D eigenvalue weighted by atomic mass is 10.0. The van der Waals surface area contributed by atoms with Gasteiger partial charge in [0.15, 0.2) is 0 Å². The van der Waals surface area contributed by atoms with E-state index in [1.54, 1.807) is 0 Å². The second kappa shape index (κ2) is 7.14. The van der Waals surface area contributed by atoms with Gasteiger partial charge >= 0.3 is 0 Å². The van der Waals surface area contributed by atoms with Crippen molar-refractivity contribution in [3.63, 3.8) is 0 Å². The van der Waals surface area contributed by atoms with Crippen LogP contribution in [0, 0.1) is 5.82 Å². The molecule has 0 aromatic heterocycles. The predicted molar refractivity (Wildman–Crippen MR) is 95.6 cm³/mol. The number of carbonyl (C=O) groups excluding carboxylic acids is 1. The lowest BCUT2D eigenvalue weighted by Crippen LogP contribution is -2.48. The Labute approximate surface area is 152 Å². The van der Waals surface area contributed by atoms with E-state index in [0.29, 0.717) is 13.0 Å². The summed E-state index contributed by atoms with van der Waals surface area (Å²) in [6.45, 7) is 0.524. The first kappa shape index (κ1) is 18.5. The Kier molecular flexibility index (Phi) is 5.08. The average molecular weight is 377 g/mol. The van der Waals surface area contributed by atoms with Gasteiger partial charge in [-0.25, -0.2) is 4.39 Å². The molecule has 0 spiro atoms. The van der Waals surface area contributed by atoms with Gasteiger partial charge in [0.1, 0.15) is 11.9 Å². The van der Waals surface area contributed by atoms with Crippen molar-refractivity contribution in [3.8, 4) is 0 Å². The number of amides is 1. The summed E-state index contributed by atoms with van der Waals surface area (Å²) in [7, 11) is -2.68. The number of likely N-dealkylation sites (N-methyl/N-ethyl adjacent to an activating group) is 1. The third-order valence-corrected chi connectivity index (χ3v) is 6.49. The quantitative estimate of drug-likeness (QED) is 0.859. The molecule has 2 N–H and O–H groups in total. The van der Waals surface area contributed by atoms with E-state index in [1.165, 1.54) is 29.6 Å². The Morgan fingerprint density at radius 2 is 1.88 bits per heavy atom. The monoisotopic (exact) mass is 377 g/mol. The molecule has 0 radical (unpaired) electrons. The summed E-state index contributed by atoms with van der Waals surface area (Å²) in [5.41, 5.74) is 7.67. The van der Waals surface area contributed by atoms with Gasteiger partial charge in [-0.05, 0) is 35.2 Å². The summed E-state index contributed by atoms with van der Waals surface area (Å²) < 4.78 is 41.9. The van der Waals surface area contributed by atoms with Gasteiger partial charge in [0.2, 0.25) is 5.91 Å². The second-order valence-corrected chi connectivity index (χ2v) is 8.22. The number of halogens is 1. The van der Waals surface area contributed by atoms with E-state index < -0.39 is 28.0 Å². The van der Waals surface area contributed by atoms with E-state index in [1.807, 2.05) is 24.3 Å². The highest BCUT2D eigenvalue weighted by molar-refractivity contribution is 7.86. The van der Waals surface area contributed by atoms with Gasteiger partial charge in [0.05, 0.1) is 0 Å². The Morgan fingerprint density at radius 3 is 2.54 bits per heavy atom. The lowest BCUT2D eigenvalue weighted by molar-refractivity contribution is -0.121. The molecule has 2 aromatic carbocycles. The molecule has 6 nitrogen and oxygen atoms in total. The van der Waals surface area contributed by atoms with E-state index in [4.69, 9.17) is 5.73 Å². The topological polar surface area (TPSA) is 83.7 Å². The van der Waals surface area contributed by atoms with Crippen molar-refractivity contribution in [2.24, 2.45) is 5.73 Å².